The molecule has 0 spiro atoms. The largest absolute Gasteiger partial charge is 0.359 e. The van der Waals surface area contributed by atoms with Crippen molar-refractivity contribution in [2.24, 2.45) is 5.73 Å². The number of thiocarbonyl (C=S) groups is 1. The topological polar surface area (TPSA) is 108 Å². The van der Waals surface area contributed by atoms with Crippen molar-refractivity contribution < 1.29 is 4.79 Å². The minimum absolute atomic E-state index is 0.0543. The Morgan fingerprint density at radius 2 is 1.88 bits per heavy atom. The summed E-state index contributed by atoms with van der Waals surface area (Å²) in [5, 5.41) is 10.7. The molecule has 134 valence electrons. The fourth-order valence-electron chi connectivity index (χ4n) is 2.58. The Balaban J connectivity index is 1.56. The standard InChI is InChI=1S/C18H20N6OS/c19-9-16(25)24-15-4-2-1-3-13(15)11-23-18(26)22-10-12-5-7-20-17-14(12)6-8-21-17/h1-8H,9-11,19H2,(H,20,21)(H,24,25)(H2,22,23,26). The van der Waals surface area contributed by atoms with E-state index in [2.05, 4.69) is 25.9 Å². The van der Waals surface area contributed by atoms with Gasteiger partial charge in [0.1, 0.15) is 5.65 Å². The number of aromatic nitrogens is 2. The maximum absolute atomic E-state index is 11.5. The number of nitrogens with zero attached hydrogens (tertiary/aromatic N) is 1. The van der Waals surface area contributed by atoms with Gasteiger partial charge in [-0.1, -0.05) is 18.2 Å². The highest BCUT2D eigenvalue weighted by molar-refractivity contribution is 7.80. The van der Waals surface area contributed by atoms with Gasteiger partial charge in [0, 0.05) is 36.6 Å². The van der Waals surface area contributed by atoms with Gasteiger partial charge in [0.15, 0.2) is 5.11 Å². The molecule has 0 aliphatic rings. The Morgan fingerprint density at radius 1 is 1.12 bits per heavy atom. The van der Waals surface area contributed by atoms with Crippen LogP contribution in [0.1, 0.15) is 11.1 Å². The smallest absolute Gasteiger partial charge is 0.238 e. The molecule has 0 bridgehead atoms. The lowest BCUT2D eigenvalue weighted by Gasteiger charge is -2.14. The fourth-order valence-corrected chi connectivity index (χ4v) is 2.73. The lowest BCUT2D eigenvalue weighted by Crippen LogP contribution is -2.34. The number of anilines is 1. The zero-order chi connectivity index (χ0) is 18.4. The quantitative estimate of drug-likeness (QED) is 0.423. The lowest BCUT2D eigenvalue weighted by atomic mass is 10.1. The minimum Gasteiger partial charge on any atom is -0.359 e. The average molecular weight is 368 g/mol. The molecule has 0 atom stereocenters. The molecule has 3 aromatic rings. The summed E-state index contributed by atoms with van der Waals surface area (Å²) in [5.74, 6) is -0.230. The maximum atomic E-state index is 11.5. The van der Waals surface area contributed by atoms with Crippen LogP contribution in [0.3, 0.4) is 0 Å². The second-order valence-corrected chi connectivity index (χ2v) is 6.06. The van der Waals surface area contributed by atoms with Crippen LogP contribution in [0.4, 0.5) is 5.69 Å². The first kappa shape index (κ1) is 17.8. The number of carbonyl (C=O) groups is 1. The molecule has 2 heterocycles. The summed E-state index contributed by atoms with van der Waals surface area (Å²) >= 11 is 5.36. The molecule has 2 aromatic heterocycles. The first-order valence-electron chi connectivity index (χ1n) is 8.18. The van der Waals surface area contributed by atoms with E-state index < -0.39 is 0 Å². The number of H-pyrrole nitrogens is 1. The van der Waals surface area contributed by atoms with E-state index in [1.807, 2.05) is 42.6 Å². The van der Waals surface area contributed by atoms with Gasteiger partial charge < -0.3 is 26.7 Å². The third kappa shape index (κ3) is 4.35. The lowest BCUT2D eigenvalue weighted by molar-refractivity contribution is -0.114. The predicted molar refractivity (Wildman–Crippen MR) is 106 cm³/mol. The number of fused-ring (bicyclic) bond motifs is 1. The van der Waals surface area contributed by atoms with E-state index in [1.54, 1.807) is 6.20 Å². The Labute approximate surface area is 156 Å². The van der Waals surface area contributed by atoms with Crippen LogP contribution in [0, 0.1) is 0 Å². The highest BCUT2D eigenvalue weighted by Gasteiger charge is 2.07. The summed E-state index contributed by atoms with van der Waals surface area (Å²) in [6, 6.07) is 11.5. The van der Waals surface area contributed by atoms with Crippen LogP contribution < -0.4 is 21.7 Å². The number of hydrogen-bond donors (Lipinski definition) is 5. The third-order valence-electron chi connectivity index (χ3n) is 3.91. The number of nitrogens with one attached hydrogen (secondary N) is 4. The van der Waals surface area contributed by atoms with Crippen molar-refractivity contribution in [1.29, 1.82) is 0 Å². The number of nitrogens with two attached hydrogens (primary N) is 1. The monoisotopic (exact) mass is 368 g/mol. The number of carbonyl (C=O) groups excluding carboxylic acids is 1. The number of para-hydroxylation sites is 1. The van der Waals surface area contributed by atoms with Gasteiger partial charge in [0.05, 0.1) is 6.54 Å². The number of aromatic amines is 1. The first-order chi connectivity index (χ1) is 12.7. The zero-order valence-electron chi connectivity index (χ0n) is 14.1. The van der Waals surface area contributed by atoms with Crippen molar-refractivity contribution in [2.45, 2.75) is 13.1 Å². The normalized spacial score (nSPS) is 10.5. The molecule has 26 heavy (non-hydrogen) atoms. The summed E-state index contributed by atoms with van der Waals surface area (Å²) in [4.78, 5) is 18.9. The molecule has 1 amide bonds. The minimum atomic E-state index is -0.230. The predicted octanol–water partition coefficient (Wildman–Crippen LogP) is 1.62. The van der Waals surface area contributed by atoms with Crippen LogP contribution in [0.15, 0.2) is 48.8 Å². The molecule has 1 aromatic carbocycles. The van der Waals surface area contributed by atoms with Crippen LogP contribution in [0.2, 0.25) is 0 Å². The Hall–Kier alpha value is -2.97. The first-order valence-corrected chi connectivity index (χ1v) is 8.58. The molecule has 6 N–H and O–H groups in total. The highest BCUT2D eigenvalue weighted by atomic mass is 32.1. The number of benzene rings is 1. The van der Waals surface area contributed by atoms with Gasteiger partial charge >= 0.3 is 0 Å². The van der Waals surface area contributed by atoms with E-state index in [-0.39, 0.29) is 12.5 Å². The SMILES string of the molecule is NCC(=O)Nc1ccccc1CNC(=S)NCc1ccnc2[nH]ccc12. The summed E-state index contributed by atoms with van der Waals surface area (Å²) < 4.78 is 0. The van der Waals surface area contributed by atoms with Gasteiger partial charge in [0.2, 0.25) is 5.91 Å². The summed E-state index contributed by atoms with van der Waals surface area (Å²) in [6.07, 6.45) is 3.63. The van der Waals surface area contributed by atoms with Crippen molar-refractivity contribution in [3.8, 4) is 0 Å². The second-order valence-electron chi connectivity index (χ2n) is 5.66. The molecule has 0 saturated heterocycles. The van der Waals surface area contributed by atoms with E-state index in [9.17, 15) is 4.79 Å². The van der Waals surface area contributed by atoms with E-state index in [4.69, 9.17) is 18.0 Å². The van der Waals surface area contributed by atoms with Crippen LogP contribution >= 0.6 is 12.2 Å². The van der Waals surface area contributed by atoms with Gasteiger partial charge in [-0.2, -0.15) is 0 Å². The van der Waals surface area contributed by atoms with E-state index in [0.29, 0.717) is 18.2 Å². The maximum Gasteiger partial charge on any atom is 0.238 e. The Morgan fingerprint density at radius 3 is 2.69 bits per heavy atom. The molecule has 0 unspecified atom stereocenters. The van der Waals surface area contributed by atoms with Crippen molar-refractivity contribution in [3.05, 3.63) is 59.9 Å². The molecule has 7 nitrogen and oxygen atoms in total. The summed E-state index contributed by atoms with van der Waals surface area (Å²) in [5.41, 5.74) is 8.97. The van der Waals surface area contributed by atoms with Crippen LogP contribution in [0.5, 0.6) is 0 Å². The van der Waals surface area contributed by atoms with Gasteiger partial charge in [-0.25, -0.2) is 4.98 Å². The number of amides is 1. The molecular weight excluding hydrogens is 348 g/mol. The van der Waals surface area contributed by atoms with Crippen molar-refractivity contribution >= 4 is 40.0 Å². The molecule has 0 aliphatic heterocycles. The van der Waals surface area contributed by atoms with Crippen molar-refractivity contribution in [2.75, 3.05) is 11.9 Å². The number of rotatable bonds is 6. The van der Waals surface area contributed by atoms with Crippen LogP contribution in [-0.4, -0.2) is 27.5 Å². The molecule has 0 aliphatic carbocycles. The second kappa shape index (κ2) is 8.41. The van der Waals surface area contributed by atoms with Gasteiger partial charge in [-0.15, -0.1) is 0 Å². The molecule has 0 radical (unpaired) electrons. The molecule has 0 fully saturated rings. The Bertz CT molecular complexity index is 923. The summed E-state index contributed by atoms with van der Waals surface area (Å²) in [7, 11) is 0. The van der Waals surface area contributed by atoms with Crippen molar-refractivity contribution in [1.82, 2.24) is 20.6 Å². The number of pyridine rings is 1. The third-order valence-corrected chi connectivity index (χ3v) is 4.19. The fraction of sp³-hybridized carbons (Fsp3) is 0.167. The molecule has 3 rings (SSSR count). The van der Waals surface area contributed by atoms with Crippen molar-refractivity contribution in [3.63, 3.8) is 0 Å². The van der Waals surface area contributed by atoms with E-state index in [0.717, 1.165) is 27.8 Å². The van der Waals surface area contributed by atoms with Gasteiger partial charge in [-0.05, 0) is 41.5 Å². The number of hydrogen-bond acceptors (Lipinski definition) is 4. The molecular formula is C18H20N6OS. The van der Waals surface area contributed by atoms with Crippen LogP contribution in [-0.2, 0) is 17.9 Å². The Kier molecular flexibility index (Phi) is 5.77. The molecule has 8 heteroatoms. The van der Waals surface area contributed by atoms with Gasteiger partial charge in [0.25, 0.3) is 0 Å². The summed E-state index contributed by atoms with van der Waals surface area (Å²) in [6.45, 7) is 1.03. The highest BCUT2D eigenvalue weighted by Crippen LogP contribution is 2.15. The zero-order valence-corrected chi connectivity index (χ0v) is 14.9. The van der Waals surface area contributed by atoms with E-state index >= 15 is 0 Å². The molecule has 0 saturated carbocycles. The van der Waals surface area contributed by atoms with Gasteiger partial charge in [-0.3, -0.25) is 4.79 Å². The van der Waals surface area contributed by atoms with Crippen LogP contribution in [0.25, 0.3) is 11.0 Å². The van der Waals surface area contributed by atoms with E-state index in [1.165, 1.54) is 0 Å². The average Bonchev–Trinajstić information content (AvgIpc) is 3.15.